The number of benzene rings is 2. The van der Waals surface area contributed by atoms with Gasteiger partial charge < -0.3 is 9.64 Å². The van der Waals surface area contributed by atoms with Gasteiger partial charge in [-0.15, -0.1) is 0 Å². The number of carbonyl (C=O) groups is 4. The highest BCUT2D eigenvalue weighted by Crippen LogP contribution is 2.22. The molecule has 0 saturated heterocycles. The second-order valence-corrected chi connectivity index (χ2v) is 6.81. The van der Waals surface area contributed by atoms with Gasteiger partial charge in [-0.05, 0) is 24.1 Å². The van der Waals surface area contributed by atoms with E-state index in [1.54, 1.807) is 31.3 Å². The second-order valence-electron chi connectivity index (χ2n) is 6.81. The van der Waals surface area contributed by atoms with E-state index in [2.05, 4.69) is 0 Å². The summed E-state index contributed by atoms with van der Waals surface area (Å²) in [6, 6.07) is 16.1. The maximum absolute atomic E-state index is 12.3. The number of hydrogen-bond donors (Lipinski definition) is 0. The molecule has 0 radical (unpaired) electrons. The lowest BCUT2D eigenvalue weighted by molar-refractivity contribution is -0.151. The molecule has 0 bridgehead atoms. The molecule has 0 spiro atoms. The van der Waals surface area contributed by atoms with E-state index in [0.717, 1.165) is 10.5 Å². The van der Waals surface area contributed by atoms with Crippen molar-refractivity contribution < 1.29 is 23.9 Å². The van der Waals surface area contributed by atoms with E-state index >= 15 is 0 Å². The number of nitrogens with zero attached hydrogens (tertiary/aromatic N) is 2. The summed E-state index contributed by atoms with van der Waals surface area (Å²) in [5.74, 6) is -1.54. The topological polar surface area (TPSA) is 84.0 Å². The van der Waals surface area contributed by atoms with Gasteiger partial charge in [0.05, 0.1) is 11.1 Å². The van der Waals surface area contributed by atoms with Crippen molar-refractivity contribution in [3.05, 3.63) is 71.3 Å². The highest BCUT2D eigenvalue weighted by atomic mass is 16.5. The maximum atomic E-state index is 12.3. The summed E-state index contributed by atoms with van der Waals surface area (Å²) in [5, 5.41) is 0. The van der Waals surface area contributed by atoms with E-state index in [4.69, 9.17) is 4.74 Å². The van der Waals surface area contributed by atoms with Crippen LogP contribution >= 0.6 is 0 Å². The van der Waals surface area contributed by atoms with E-state index in [-0.39, 0.29) is 43.7 Å². The zero-order chi connectivity index (χ0) is 20.8. The van der Waals surface area contributed by atoms with Crippen LogP contribution in [-0.4, -0.2) is 53.7 Å². The Morgan fingerprint density at radius 1 is 0.931 bits per heavy atom. The number of imide groups is 1. The lowest BCUT2D eigenvalue weighted by atomic mass is 10.1. The molecule has 0 fully saturated rings. The van der Waals surface area contributed by atoms with Crippen molar-refractivity contribution in [3.8, 4) is 0 Å². The quantitative estimate of drug-likeness (QED) is 0.507. The first kappa shape index (κ1) is 20.3. The Labute approximate surface area is 168 Å². The van der Waals surface area contributed by atoms with Gasteiger partial charge >= 0.3 is 5.97 Å². The van der Waals surface area contributed by atoms with E-state index in [9.17, 15) is 19.2 Å². The van der Waals surface area contributed by atoms with Gasteiger partial charge in [0, 0.05) is 26.6 Å². The lowest BCUT2D eigenvalue weighted by Gasteiger charge is -2.17. The fourth-order valence-corrected chi connectivity index (χ4v) is 3.09. The Morgan fingerprint density at radius 2 is 1.52 bits per heavy atom. The molecule has 0 aromatic heterocycles. The Morgan fingerprint density at radius 3 is 2.14 bits per heavy atom. The second kappa shape index (κ2) is 9.14. The largest absolute Gasteiger partial charge is 0.456 e. The Bertz CT molecular complexity index is 891. The number of hydrogen-bond acceptors (Lipinski definition) is 5. The van der Waals surface area contributed by atoms with Crippen molar-refractivity contribution in [2.45, 2.75) is 19.4 Å². The van der Waals surface area contributed by atoms with Crippen LogP contribution in [0.15, 0.2) is 54.6 Å². The minimum absolute atomic E-state index is 0.0169. The van der Waals surface area contributed by atoms with Gasteiger partial charge in [-0.3, -0.25) is 24.1 Å². The third-order valence-corrected chi connectivity index (χ3v) is 4.69. The molecule has 1 aliphatic rings. The van der Waals surface area contributed by atoms with Gasteiger partial charge in [0.2, 0.25) is 0 Å². The van der Waals surface area contributed by atoms with E-state index in [1.807, 2.05) is 30.3 Å². The van der Waals surface area contributed by atoms with Crippen LogP contribution < -0.4 is 0 Å². The number of likely N-dealkylation sites (N-methyl/N-ethyl adjacent to an activating group) is 1. The fourth-order valence-electron chi connectivity index (χ4n) is 3.09. The number of carbonyl (C=O) groups excluding carboxylic acids is 4. The number of esters is 1. The highest BCUT2D eigenvalue weighted by Gasteiger charge is 2.34. The first-order valence-electron chi connectivity index (χ1n) is 9.36. The molecule has 150 valence electrons. The van der Waals surface area contributed by atoms with Crippen molar-refractivity contribution in [2.75, 3.05) is 20.2 Å². The molecule has 7 heteroatoms. The predicted octanol–water partition coefficient (Wildman–Crippen LogP) is 2.26. The van der Waals surface area contributed by atoms with Crippen LogP contribution in [0.3, 0.4) is 0 Å². The summed E-state index contributed by atoms with van der Waals surface area (Å²) in [6.45, 7) is 0.218. The van der Waals surface area contributed by atoms with E-state index in [1.165, 1.54) is 4.90 Å². The summed E-state index contributed by atoms with van der Waals surface area (Å²) in [4.78, 5) is 51.1. The van der Waals surface area contributed by atoms with Gasteiger partial charge in [-0.25, -0.2) is 0 Å². The average Bonchev–Trinajstić information content (AvgIpc) is 2.98. The minimum atomic E-state index is -0.539. The summed E-state index contributed by atoms with van der Waals surface area (Å²) in [7, 11) is 1.64. The number of fused-ring (bicyclic) bond motifs is 1. The van der Waals surface area contributed by atoms with Gasteiger partial charge in [0.1, 0.15) is 0 Å². The van der Waals surface area contributed by atoms with Crippen LogP contribution in [0.5, 0.6) is 0 Å². The number of ether oxygens (including phenoxy) is 1. The van der Waals surface area contributed by atoms with Crippen molar-refractivity contribution in [2.24, 2.45) is 0 Å². The molecule has 2 aromatic rings. The smallest absolute Gasteiger partial charge is 0.306 e. The molecular formula is C22H22N2O5. The Kier molecular flexibility index (Phi) is 6.39. The molecule has 1 heterocycles. The first-order chi connectivity index (χ1) is 14.0. The van der Waals surface area contributed by atoms with Crippen LogP contribution in [0.25, 0.3) is 0 Å². The molecule has 1 aliphatic heterocycles. The zero-order valence-corrected chi connectivity index (χ0v) is 16.2. The van der Waals surface area contributed by atoms with Crippen molar-refractivity contribution in [3.63, 3.8) is 0 Å². The summed E-state index contributed by atoms with van der Waals surface area (Å²) < 4.78 is 5.02. The molecule has 0 saturated carbocycles. The molecule has 3 rings (SSSR count). The van der Waals surface area contributed by atoms with Crippen LogP contribution in [0.4, 0.5) is 0 Å². The van der Waals surface area contributed by atoms with Crippen LogP contribution in [0.2, 0.25) is 0 Å². The Balaban J connectivity index is 1.39. The van der Waals surface area contributed by atoms with Gasteiger partial charge in [0.25, 0.3) is 17.7 Å². The lowest BCUT2D eigenvalue weighted by Crippen LogP contribution is -2.32. The van der Waals surface area contributed by atoms with Crippen LogP contribution in [0, 0.1) is 0 Å². The molecule has 7 nitrogen and oxygen atoms in total. The van der Waals surface area contributed by atoms with Crippen molar-refractivity contribution in [1.82, 2.24) is 9.80 Å². The Hall–Kier alpha value is -3.48. The monoisotopic (exact) mass is 394 g/mol. The molecule has 0 unspecified atom stereocenters. The average molecular weight is 394 g/mol. The van der Waals surface area contributed by atoms with Gasteiger partial charge in [-0.1, -0.05) is 42.5 Å². The van der Waals surface area contributed by atoms with Crippen LogP contribution in [0.1, 0.15) is 39.1 Å². The maximum Gasteiger partial charge on any atom is 0.306 e. The molecule has 0 atom stereocenters. The third-order valence-electron chi connectivity index (χ3n) is 4.69. The van der Waals surface area contributed by atoms with Crippen molar-refractivity contribution in [1.29, 1.82) is 0 Å². The first-order valence-corrected chi connectivity index (χ1v) is 9.36. The van der Waals surface area contributed by atoms with E-state index in [0.29, 0.717) is 17.7 Å². The molecule has 3 amide bonds. The summed E-state index contributed by atoms with van der Waals surface area (Å²) in [5.41, 5.74) is 1.75. The van der Waals surface area contributed by atoms with Gasteiger partial charge in [0.15, 0.2) is 6.61 Å². The minimum Gasteiger partial charge on any atom is -0.456 e. The molecule has 0 aliphatic carbocycles. The zero-order valence-electron chi connectivity index (χ0n) is 16.2. The van der Waals surface area contributed by atoms with Gasteiger partial charge in [-0.2, -0.15) is 0 Å². The van der Waals surface area contributed by atoms with E-state index < -0.39 is 5.97 Å². The number of amides is 3. The van der Waals surface area contributed by atoms with Crippen LogP contribution in [-0.2, 0) is 20.9 Å². The normalized spacial score (nSPS) is 12.7. The standard InChI is InChI=1S/C22H22N2O5/c1-23(14-16-8-3-2-4-9-16)19(25)15-29-20(26)12-7-13-24-21(27)17-10-5-6-11-18(17)22(24)28/h2-6,8-11H,7,12-15H2,1H3. The molecular weight excluding hydrogens is 372 g/mol. The predicted molar refractivity (Wildman–Crippen MR) is 105 cm³/mol. The highest BCUT2D eigenvalue weighted by molar-refractivity contribution is 6.21. The summed E-state index contributed by atoms with van der Waals surface area (Å²) in [6.07, 6.45) is 0.293. The molecule has 29 heavy (non-hydrogen) atoms. The SMILES string of the molecule is CN(Cc1ccccc1)C(=O)COC(=O)CCCN1C(=O)c2ccccc2C1=O. The summed E-state index contributed by atoms with van der Waals surface area (Å²) >= 11 is 0. The third kappa shape index (κ3) is 4.87. The molecule has 2 aromatic carbocycles. The fraction of sp³-hybridized carbons (Fsp3) is 0.273. The van der Waals surface area contributed by atoms with Crippen molar-refractivity contribution >= 4 is 23.7 Å². The molecule has 0 N–H and O–H groups in total. The number of rotatable bonds is 8.